The molecule has 3 heterocycles. The molecule has 2 aliphatic heterocycles. The molecule has 0 radical (unpaired) electrons. The molecule has 1 aromatic heterocycles. The number of piperidine rings is 1. The van der Waals surface area contributed by atoms with Crippen LogP contribution in [0, 0.1) is 0 Å². The molecule has 2 aliphatic rings. The van der Waals surface area contributed by atoms with Crippen LogP contribution >= 0.6 is 0 Å². The fourth-order valence-corrected chi connectivity index (χ4v) is 4.53. The van der Waals surface area contributed by atoms with Crippen LogP contribution in [-0.4, -0.2) is 56.8 Å². The standard InChI is InChI=1S/C24H26N4O2.C2HF3O2/c29-22(26-20-9-5-2-6-10-20)21-18-28-16-13-25-23(28)24(30-21)11-14-27(15-12-24)17-19-7-3-1-4-8-19;3-2(4,5)1(6)7/h1-10,13,16,21H,11-12,14-15,17-18H2,(H,26,29);(H,6,7). The minimum absolute atomic E-state index is 0.105. The van der Waals surface area contributed by atoms with E-state index >= 15 is 0 Å². The highest BCUT2D eigenvalue weighted by Crippen LogP contribution is 2.40. The van der Waals surface area contributed by atoms with Gasteiger partial charge in [-0.05, 0) is 30.5 Å². The van der Waals surface area contributed by atoms with Crippen molar-refractivity contribution in [1.82, 2.24) is 14.5 Å². The second-order valence-electron chi connectivity index (χ2n) is 8.92. The molecule has 1 fully saturated rings. The fourth-order valence-electron chi connectivity index (χ4n) is 4.53. The number of halogens is 3. The van der Waals surface area contributed by atoms with E-state index in [1.807, 2.05) is 48.8 Å². The Morgan fingerprint density at radius 2 is 1.65 bits per heavy atom. The van der Waals surface area contributed by atoms with Crippen LogP contribution in [0.2, 0.25) is 0 Å². The first-order valence-corrected chi connectivity index (χ1v) is 11.8. The number of hydrogen-bond donors (Lipinski definition) is 2. The van der Waals surface area contributed by atoms with Crippen molar-refractivity contribution >= 4 is 17.6 Å². The number of likely N-dealkylation sites (tertiary alicyclic amines) is 1. The zero-order valence-electron chi connectivity index (χ0n) is 19.9. The second-order valence-corrected chi connectivity index (χ2v) is 8.92. The third-order valence-corrected chi connectivity index (χ3v) is 6.34. The van der Waals surface area contributed by atoms with Crippen LogP contribution in [0.5, 0.6) is 0 Å². The van der Waals surface area contributed by atoms with Gasteiger partial charge in [-0.3, -0.25) is 9.69 Å². The maximum Gasteiger partial charge on any atom is 0.490 e. The number of ether oxygens (including phenoxy) is 1. The zero-order valence-corrected chi connectivity index (χ0v) is 19.9. The molecule has 0 aliphatic carbocycles. The van der Waals surface area contributed by atoms with Gasteiger partial charge in [0, 0.05) is 37.7 Å². The van der Waals surface area contributed by atoms with Gasteiger partial charge in [0.1, 0.15) is 11.4 Å². The maximum absolute atomic E-state index is 13.0. The predicted molar refractivity (Wildman–Crippen MR) is 128 cm³/mol. The molecule has 37 heavy (non-hydrogen) atoms. The Morgan fingerprint density at radius 3 is 2.24 bits per heavy atom. The molecule has 5 rings (SSSR count). The van der Waals surface area contributed by atoms with Crippen molar-refractivity contribution in [1.29, 1.82) is 0 Å². The second kappa shape index (κ2) is 11.1. The number of aromatic nitrogens is 2. The Kier molecular flexibility index (Phi) is 7.94. The van der Waals surface area contributed by atoms with E-state index in [-0.39, 0.29) is 5.91 Å². The Morgan fingerprint density at radius 1 is 1.05 bits per heavy atom. The molecular weight excluding hydrogens is 489 g/mol. The largest absolute Gasteiger partial charge is 0.490 e. The normalized spacial score (nSPS) is 18.8. The number of nitrogens with one attached hydrogen (secondary N) is 1. The third-order valence-electron chi connectivity index (χ3n) is 6.34. The van der Waals surface area contributed by atoms with Crippen molar-refractivity contribution in [3.05, 3.63) is 84.4 Å². The van der Waals surface area contributed by atoms with Gasteiger partial charge >= 0.3 is 12.1 Å². The number of benzene rings is 2. The molecule has 1 saturated heterocycles. The Labute approximate surface area is 211 Å². The summed E-state index contributed by atoms with van der Waals surface area (Å²) in [7, 11) is 0. The van der Waals surface area contributed by atoms with Gasteiger partial charge in [0.15, 0.2) is 6.10 Å². The maximum atomic E-state index is 13.0. The van der Waals surface area contributed by atoms with E-state index in [9.17, 15) is 18.0 Å². The smallest absolute Gasteiger partial charge is 0.475 e. The number of aliphatic carboxylic acids is 1. The van der Waals surface area contributed by atoms with E-state index in [0.717, 1.165) is 44.0 Å². The van der Waals surface area contributed by atoms with Crippen molar-refractivity contribution in [2.24, 2.45) is 0 Å². The molecule has 2 aromatic carbocycles. The van der Waals surface area contributed by atoms with Crippen molar-refractivity contribution in [3.63, 3.8) is 0 Å². The lowest BCUT2D eigenvalue weighted by molar-refractivity contribution is -0.192. The quantitative estimate of drug-likeness (QED) is 0.543. The van der Waals surface area contributed by atoms with Crippen LogP contribution in [0.4, 0.5) is 18.9 Å². The first-order chi connectivity index (χ1) is 17.7. The number of fused-ring (bicyclic) bond motifs is 2. The van der Waals surface area contributed by atoms with Crippen molar-refractivity contribution in [2.45, 2.75) is 43.8 Å². The van der Waals surface area contributed by atoms with Crippen LogP contribution in [0.1, 0.15) is 24.2 Å². The van der Waals surface area contributed by atoms with E-state index in [4.69, 9.17) is 14.6 Å². The van der Waals surface area contributed by atoms with E-state index in [1.165, 1.54) is 5.56 Å². The first-order valence-electron chi connectivity index (χ1n) is 11.8. The molecule has 1 amide bonds. The fraction of sp³-hybridized carbons (Fsp3) is 0.346. The Bertz CT molecular complexity index is 1190. The number of carbonyl (C=O) groups is 2. The number of carbonyl (C=O) groups excluding carboxylic acids is 1. The third kappa shape index (κ3) is 6.55. The Hall–Kier alpha value is -3.70. The lowest BCUT2D eigenvalue weighted by Gasteiger charge is -2.45. The number of nitrogens with zero attached hydrogens (tertiary/aromatic N) is 3. The van der Waals surface area contributed by atoms with E-state index in [2.05, 4.69) is 44.0 Å². The minimum atomic E-state index is -5.08. The monoisotopic (exact) mass is 516 g/mol. The summed E-state index contributed by atoms with van der Waals surface area (Å²) < 4.78 is 40.3. The molecule has 196 valence electrons. The number of amides is 1. The lowest BCUT2D eigenvalue weighted by Crippen LogP contribution is -2.53. The highest BCUT2D eigenvalue weighted by molar-refractivity contribution is 5.94. The van der Waals surface area contributed by atoms with E-state index < -0.39 is 23.9 Å². The first kappa shape index (κ1) is 26.4. The van der Waals surface area contributed by atoms with Crippen LogP contribution < -0.4 is 5.32 Å². The summed E-state index contributed by atoms with van der Waals surface area (Å²) in [5.74, 6) is -1.91. The minimum Gasteiger partial charge on any atom is -0.475 e. The number of para-hydroxylation sites is 1. The molecule has 8 nitrogen and oxygen atoms in total. The summed E-state index contributed by atoms with van der Waals surface area (Å²) in [4.78, 5) is 28.9. The lowest BCUT2D eigenvalue weighted by atomic mass is 9.88. The van der Waals surface area contributed by atoms with Gasteiger partial charge in [-0.1, -0.05) is 48.5 Å². The van der Waals surface area contributed by atoms with Gasteiger partial charge in [0.2, 0.25) is 0 Å². The summed E-state index contributed by atoms with van der Waals surface area (Å²) in [6, 6.07) is 20.1. The molecule has 2 N–H and O–H groups in total. The molecule has 1 unspecified atom stereocenters. The Balaban J connectivity index is 0.000000405. The van der Waals surface area contributed by atoms with Crippen LogP contribution in [0.25, 0.3) is 0 Å². The topological polar surface area (TPSA) is 96.7 Å². The van der Waals surface area contributed by atoms with Gasteiger partial charge in [-0.15, -0.1) is 0 Å². The number of carboxylic acids is 1. The summed E-state index contributed by atoms with van der Waals surface area (Å²) in [6.07, 6.45) is -0.196. The van der Waals surface area contributed by atoms with Gasteiger partial charge in [-0.2, -0.15) is 13.2 Å². The summed E-state index contributed by atoms with van der Waals surface area (Å²) in [5.41, 5.74) is 1.60. The number of imidazole rings is 1. The highest BCUT2D eigenvalue weighted by atomic mass is 19.4. The van der Waals surface area contributed by atoms with E-state index in [1.54, 1.807) is 0 Å². The molecule has 3 aromatic rings. The van der Waals surface area contributed by atoms with Crippen LogP contribution in [0.15, 0.2) is 73.1 Å². The molecule has 1 atom stereocenters. The average molecular weight is 517 g/mol. The average Bonchev–Trinajstić information content (AvgIpc) is 3.36. The highest BCUT2D eigenvalue weighted by Gasteiger charge is 2.47. The van der Waals surface area contributed by atoms with Gasteiger partial charge in [0.25, 0.3) is 5.91 Å². The number of rotatable bonds is 4. The van der Waals surface area contributed by atoms with Crippen molar-refractivity contribution in [2.75, 3.05) is 18.4 Å². The van der Waals surface area contributed by atoms with Crippen LogP contribution in [-0.2, 0) is 33.0 Å². The summed E-state index contributed by atoms with van der Waals surface area (Å²) in [6.45, 7) is 3.25. The predicted octanol–water partition coefficient (Wildman–Crippen LogP) is 4.05. The van der Waals surface area contributed by atoms with Crippen molar-refractivity contribution in [3.8, 4) is 0 Å². The summed E-state index contributed by atoms with van der Waals surface area (Å²) >= 11 is 0. The van der Waals surface area contributed by atoms with Crippen LogP contribution in [0.3, 0.4) is 0 Å². The van der Waals surface area contributed by atoms with E-state index in [0.29, 0.717) is 6.54 Å². The number of alkyl halides is 3. The zero-order chi connectivity index (χ0) is 26.5. The molecule has 11 heteroatoms. The van der Waals surface area contributed by atoms with Gasteiger partial charge in [0.05, 0.1) is 6.54 Å². The molecule has 0 saturated carbocycles. The molecular formula is C26H27F3N4O4. The van der Waals surface area contributed by atoms with Crippen molar-refractivity contribution < 1.29 is 32.6 Å². The number of carboxylic acid groups (broad SMARTS) is 1. The van der Waals surface area contributed by atoms with Gasteiger partial charge < -0.3 is 19.7 Å². The summed E-state index contributed by atoms with van der Waals surface area (Å²) in [5, 5.41) is 10.1. The van der Waals surface area contributed by atoms with Gasteiger partial charge in [-0.25, -0.2) is 9.78 Å². The number of anilines is 1. The molecule has 0 bridgehead atoms. The molecule has 1 spiro atoms. The SMILES string of the molecule is O=C(Nc1ccccc1)C1Cn2ccnc2C2(CCN(Cc3ccccc3)CC2)O1.O=C(O)C(F)(F)F. The number of hydrogen-bond acceptors (Lipinski definition) is 5.